The molecule has 1 N–H and O–H groups in total. The number of nitrogens with zero attached hydrogens (tertiary/aromatic N) is 2. The van der Waals surface area contributed by atoms with Gasteiger partial charge in [-0.1, -0.05) is 13.8 Å². The molecule has 2 heterocycles. The lowest BCUT2D eigenvalue weighted by Crippen LogP contribution is -2.57. The maximum Gasteiger partial charge on any atom is 0.287 e. The summed E-state index contributed by atoms with van der Waals surface area (Å²) >= 11 is 0. The summed E-state index contributed by atoms with van der Waals surface area (Å²) in [6, 6.07) is 6.94. The van der Waals surface area contributed by atoms with Crippen LogP contribution in [0.4, 0.5) is 0 Å². The predicted molar refractivity (Wildman–Crippen MR) is 120 cm³/mol. The zero-order valence-corrected chi connectivity index (χ0v) is 19.9. The van der Waals surface area contributed by atoms with Gasteiger partial charge in [-0.25, -0.2) is 8.42 Å². The maximum absolute atomic E-state index is 13.3. The number of nitrogens with one attached hydrogen (secondary N) is 1. The van der Waals surface area contributed by atoms with Crippen molar-refractivity contribution in [3.05, 3.63) is 42.4 Å². The van der Waals surface area contributed by atoms with Crippen molar-refractivity contribution in [2.75, 3.05) is 40.4 Å². The van der Waals surface area contributed by atoms with E-state index in [0.29, 0.717) is 5.75 Å². The summed E-state index contributed by atoms with van der Waals surface area (Å²) in [7, 11) is -1.00. The molecule has 1 aliphatic rings. The highest BCUT2D eigenvalue weighted by Crippen LogP contribution is 2.31. The Balaban J connectivity index is 1.70. The third-order valence-electron chi connectivity index (χ3n) is 5.50. The monoisotopic (exact) mass is 479 g/mol. The van der Waals surface area contributed by atoms with Crippen LogP contribution >= 0.6 is 0 Å². The number of methoxy groups -OCH3 is 2. The Labute approximate surface area is 193 Å². The van der Waals surface area contributed by atoms with Gasteiger partial charge in [0.25, 0.3) is 5.91 Å². The Morgan fingerprint density at radius 1 is 1.06 bits per heavy atom. The third kappa shape index (κ3) is 5.31. The molecule has 33 heavy (non-hydrogen) atoms. The van der Waals surface area contributed by atoms with E-state index in [1.165, 1.54) is 36.9 Å². The van der Waals surface area contributed by atoms with Gasteiger partial charge in [0, 0.05) is 32.2 Å². The van der Waals surface area contributed by atoms with Crippen molar-refractivity contribution < 1.29 is 31.9 Å². The quantitative estimate of drug-likeness (QED) is 0.611. The Morgan fingerprint density at radius 2 is 1.76 bits per heavy atom. The van der Waals surface area contributed by atoms with E-state index >= 15 is 0 Å². The number of carbonyl (C=O) groups excluding carboxylic acids is 2. The smallest absolute Gasteiger partial charge is 0.287 e. The van der Waals surface area contributed by atoms with Gasteiger partial charge in [0.1, 0.15) is 22.4 Å². The van der Waals surface area contributed by atoms with Crippen LogP contribution in [0.5, 0.6) is 11.5 Å². The van der Waals surface area contributed by atoms with Crippen LogP contribution in [-0.2, 0) is 14.8 Å². The van der Waals surface area contributed by atoms with Crippen LogP contribution in [-0.4, -0.2) is 75.9 Å². The number of hydrogen-bond donors (Lipinski definition) is 1. The minimum Gasteiger partial charge on any atom is -0.497 e. The Bertz CT molecular complexity index is 1080. The molecule has 0 spiro atoms. The first kappa shape index (κ1) is 24.6. The average molecular weight is 480 g/mol. The first-order valence-electron chi connectivity index (χ1n) is 10.5. The molecule has 1 atom stereocenters. The molecule has 1 aliphatic heterocycles. The van der Waals surface area contributed by atoms with Crippen LogP contribution in [0.15, 0.2) is 45.9 Å². The molecule has 0 aliphatic carbocycles. The average Bonchev–Trinajstić information content (AvgIpc) is 3.36. The summed E-state index contributed by atoms with van der Waals surface area (Å²) in [4.78, 5) is 27.1. The molecule has 0 unspecified atom stereocenters. The number of amides is 2. The first-order valence-corrected chi connectivity index (χ1v) is 12.0. The molecule has 2 amide bonds. The molecule has 0 radical (unpaired) electrons. The predicted octanol–water partition coefficient (Wildman–Crippen LogP) is 1.58. The molecule has 11 heteroatoms. The van der Waals surface area contributed by atoms with Gasteiger partial charge in [0.2, 0.25) is 15.9 Å². The highest BCUT2D eigenvalue weighted by Gasteiger charge is 2.35. The highest BCUT2D eigenvalue weighted by molar-refractivity contribution is 7.89. The second-order valence-corrected chi connectivity index (χ2v) is 9.82. The Morgan fingerprint density at radius 3 is 2.30 bits per heavy atom. The van der Waals surface area contributed by atoms with E-state index in [2.05, 4.69) is 5.32 Å². The van der Waals surface area contributed by atoms with Gasteiger partial charge < -0.3 is 24.1 Å². The number of rotatable bonds is 8. The summed E-state index contributed by atoms with van der Waals surface area (Å²) in [6.07, 6.45) is 1.39. The van der Waals surface area contributed by atoms with Crippen LogP contribution < -0.4 is 14.8 Å². The number of sulfonamides is 1. The minimum absolute atomic E-state index is 0.00916. The second kappa shape index (κ2) is 10.3. The lowest BCUT2D eigenvalue weighted by atomic mass is 10.0. The molecule has 3 rings (SSSR count). The molecule has 1 saturated heterocycles. The normalized spacial score (nSPS) is 15.8. The fourth-order valence-electron chi connectivity index (χ4n) is 3.60. The summed E-state index contributed by atoms with van der Waals surface area (Å²) in [6.45, 7) is 4.30. The van der Waals surface area contributed by atoms with Crippen molar-refractivity contribution in [2.24, 2.45) is 5.92 Å². The molecule has 0 saturated carbocycles. The zero-order valence-electron chi connectivity index (χ0n) is 19.1. The van der Waals surface area contributed by atoms with Crippen molar-refractivity contribution in [1.82, 2.24) is 14.5 Å². The largest absolute Gasteiger partial charge is 0.497 e. The molecule has 1 fully saturated rings. The Kier molecular flexibility index (Phi) is 7.65. The fourth-order valence-corrected chi connectivity index (χ4v) is 5.20. The van der Waals surface area contributed by atoms with Gasteiger partial charge in [0.15, 0.2) is 5.76 Å². The minimum atomic E-state index is -3.86. The number of ether oxygens (including phenoxy) is 2. The van der Waals surface area contributed by atoms with E-state index in [-0.39, 0.29) is 54.4 Å². The van der Waals surface area contributed by atoms with Crippen LogP contribution in [0.3, 0.4) is 0 Å². The number of hydrogen-bond acceptors (Lipinski definition) is 7. The van der Waals surface area contributed by atoms with Crippen molar-refractivity contribution >= 4 is 21.8 Å². The van der Waals surface area contributed by atoms with Crippen molar-refractivity contribution in [1.29, 1.82) is 0 Å². The summed E-state index contributed by atoms with van der Waals surface area (Å²) < 4.78 is 43.3. The Hall–Kier alpha value is -3.05. The SMILES string of the molecule is COc1ccc(OC)c(S(=O)(=O)N2CCN(C(=O)[C@@H](NC(=O)c3ccco3)C(C)C)CC2)c1. The van der Waals surface area contributed by atoms with Crippen LogP contribution in [0.25, 0.3) is 0 Å². The summed E-state index contributed by atoms with van der Waals surface area (Å²) in [5.41, 5.74) is 0. The van der Waals surface area contributed by atoms with Crippen LogP contribution in [0, 0.1) is 5.92 Å². The van der Waals surface area contributed by atoms with E-state index in [9.17, 15) is 18.0 Å². The standard InChI is InChI=1S/C22H29N3O7S/c1-15(2)20(23-21(26)18-6-5-13-32-18)22(27)24-9-11-25(12-10-24)33(28,29)19-14-16(30-3)7-8-17(19)31-4/h5-8,13-15,20H,9-12H2,1-4H3,(H,23,26)/t20-/m0/s1. The molecule has 2 aromatic rings. The van der Waals surface area contributed by atoms with Gasteiger partial charge in [0.05, 0.1) is 20.5 Å². The van der Waals surface area contributed by atoms with E-state index in [4.69, 9.17) is 13.9 Å². The molecule has 10 nitrogen and oxygen atoms in total. The number of furan rings is 1. The third-order valence-corrected chi connectivity index (χ3v) is 7.42. The molecule has 1 aromatic heterocycles. The lowest BCUT2D eigenvalue weighted by Gasteiger charge is -2.36. The van der Waals surface area contributed by atoms with Crippen molar-refractivity contribution in [3.63, 3.8) is 0 Å². The first-order chi connectivity index (χ1) is 15.7. The number of piperazine rings is 1. The van der Waals surface area contributed by atoms with Gasteiger partial charge >= 0.3 is 0 Å². The summed E-state index contributed by atoms with van der Waals surface area (Å²) in [5.74, 6) is -0.166. The van der Waals surface area contributed by atoms with Crippen molar-refractivity contribution in [3.8, 4) is 11.5 Å². The lowest BCUT2D eigenvalue weighted by molar-refractivity contribution is -0.135. The zero-order chi connectivity index (χ0) is 24.2. The topological polar surface area (TPSA) is 118 Å². The highest BCUT2D eigenvalue weighted by atomic mass is 32.2. The molecule has 1 aromatic carbocycles. The van der Waals surface area contributed by atoms with E-state index in [1.54, 1.807) is 23.1 Å². The van der Waals surface area contributed by atoms with E-state index < -0.39 is 22.0 Å². The number of carbonyl (C=O) groups is 2. The second-order valence-electron chi connectivity index (χ2n) is 7.92. The molecule has 180 valence electrons. The van der Waals surface area contributed by atoms with Gasteiger partial charge in [-0.3, -0.25) is 9.59 Å². The molecule has 0 bridgehead atoms. The van der Waals surface area contributed by atoms with Gasteiger partial charge in [-0.15, -0.1) is 0 Å². The maximum atomic E-state index is 13.3. The fraction of sp³-hybridized carbons (Fsp3) is 0.455. The molecular weight excluding hydrogens is 450 g/mol. The summed E-state index contributed by atoms with van der Waals surface area (Å²) in [5, 5.41) is 2.72. The van der Waals surface area contributed by atoms with Crippen LogP contribution in [0.2, 0.25) is 0 Å². The van der Waals surface area contributed by atoms with Crippen molar-refractivity contribution in [2.45, 2.75) is 24.8 Å². The van der Waals surface area contributed by atoms with E-state index in [1.807, 2.05) is 13.8 Å². The van der Waals surface area contributed by atoms with Crippen LogP contribution in [0.1, 0.15) is 24.4 Å². The number of benzene rings is 1. The van der Waals surface area contributed by atoms with Gasteiger partial charge in [-0.05, 0) is 30.2 Å². The van der Waals surface area contributed by atoms with E-state index in [0.717, 1.165) is 0 Å². The molecular formula is C22H29N3O7S. The van der Waals surface area contributed by atoms with Gasteiger partial charge in [-0.2, -0.15) is 4.31 Å².